The third-order valence-corrected chi connectivity index (χ3v) is 4.35. The maximum atomic E-state index is 13.5. The van der Waals surface area contributed by atoms with Gasteiger partial charge in [-0.2, -0.15) is 16.9 Å². The van der Waals surface area contributed by atoms with E-state index in [9.17, 15) is 4.39 Å². The van der Waals surface area contributed by atoms with Crippen LogP contribution >= 0.6 is 35.7 Å². The number of nitrogens with one attached hydrogen (secondary N) is 2. The molecule has 2 N–H and O–H groups in total. The molecular formula is C16H23FIN5S. The standard InChI is InChI=1S/C16H22FN5S.HI/c1-18-16(20-11-14-7-8-21-22(14)2)19-9-10-23-12-13-5-3-4-6-15(13)17;/h3-8H,9-12H2,1-2H3,(H2,18,19,20);1H. The minimum Gasteiger partial charge on any atom is -0.356 e. The second-order valence-corrected chi connectivity index (χ2v) is 6.05. The molecule has 0 saturated carbocycles. The van der Waals surface area contributed by atoms with Gasteiger partial charge in [-0.1, -0.05) is 18.2 Å². The zero-order valence-corrected chi connectivity index (χ0v) is 17.0. The predicted octanol–water partition coefficient (Wildman–Crippen LogP) is 2.78. The average molecular weight is 463 g/mol. The Bertz CT molecular complexity index is 647. The van der Waals surface area contributed by atoms with Gasteiger partial charge in [0.25, 0.3) is 0 Å². The summed E-state index contributed by atoms with van der Waals surface area (Å²) in [6.45, 7) is 1.43. The molecule has 0 bridgehead atoms. The van der Waals surface area contributed by atoms with Crippen molar-refractivity contribution in [3.63, 3.8) is 0 Å². The Kier molecular flexibility index (Phi) is 9.77. The van der Waals surface area contributed by atoms with Crippen molar-refractivity contribution in [3.05, 3.63) is 53.6 Å². The first-order valence-corrected chi connectivity index (χ1v) is 8.58. The third kappa shape index (κ3) is 6.68. The van der Waals surface area contributed by atoms with E-state index in [1.54, 1.807) is 31.1 Å². The van der Waals surface area contributed by atoms with Crippen LogP contribution in [0.1, 0.15) is 11.3 Å². The molecule has 0 radical (unpaired) electrons. The van der Waals surface area contributed by atoms with Crippen LogP contribution in [0.2, 0.25) is 0 Å². The topological polar surface area (TPSA) is 54.2 Å². The maximum Gasteiger partial charge on any atom is 0.191 e. The Morgan fingerprint density at radius 1 is 1.29 bits per heavy atom. The normalized spacial score (nSPS) is 11.0. The SMILES string of the molecule is CN=C(NCCSCc1ccccc1F)NCc1ccnn1C.I. The Balaban J connectivity index is 0.00000288. The lowest BCUT2D eigenvalue weighted by atomic mass is 10.2. The molecule has 0 amide bonds. The zero-order chi connectivity index (χ0) is 16.5. The fraction of sp³-hybridized carbons (Fsp3) is 0.375. The van der Waals surface area contributed by atoms with Crippen LogP contribution in [0.25, 0.3) is 0 Å². The number of aryl methyl sites for hydroxylation is 1. The molecule has 0 aliphatic heterocycles. The second kappa shape index (κ2) is 11.3. The molecule has 8 heteroatoms. The zero-order valence-electron chi connectivity index (χ0n) is 13.8. The van der Waals surface area contributed by atoms with E-state index in [1.165, 1.54) is 6.07 Å². The molecular weight excluding hydrogens is 440 g/mol. The Morgan fingerprint density at radius 3 is 2.75 bits per heavy atom. The highest BCUT2D eigenvalue weighted by Crippen LogP contribution is 2.14. The first kappa shape index (κ1) is 20.8. The average Bonchev–Trinajstić information content (AvgIpc) is 2.97. The number of halogens is 2. The van der Waals surface area contributed by atoms with Gasteiger partial charge in [-0.25, -0.2) is 4.39 Å². The van der Waals surface area contributed by atoms with Gasteiger partial charge >= 0.3 is 0 Å². The van der Waals surface area contributed by atoms with Gasteiger partial charge in [0.2, 0.25) is 0 Å². The van der Waals surface area contributed by atoms with Crippen molar-refractivity contribution in [2.75, 3.05) is 19.3 Å². The summed E-state index contributed by atoms with van der Waals surface area (Å²) < 4.78 is 15.3. The van der Waals surface area contributed by atoms with Crippen LogP contribution < -0.4 is 10.6 Å². The number of benzene rings is 1. The van der Waals surface area contributed by atoms with E-state index >= 15 is 0 Å². The number of hydrogen-bond acceptors (Lipinski definition) is 3. The molecule has 0 saturated heterocycles. The summed E-state index contributed by atoms with van der Waals surface area (Å²) in [7, 11) is 3.65. The van der Waals surface area contributed by atoms with Gasteiger partial charge < -0.3 is 10.6 Å². The van der Waals surface area contributed by atoms with Crippen molar-refractivity contribution >= 4 is 41.7 Å². The van der Waals surface area contributed by atoms with Gasteiger partial charge in [-0.05, 0) is 17.7 Å². The minimum atomic E-state index is -0.137. The van der Waals surface area contributed by atoms with E-state index in [-0.39, 0.29) is 29.8 Å². The number of aromatic nitrogens is 2. The lowest BCUT2D eigenvalue weighted by Gasteiger charge is -2.12. The molecule has 0 unspecified atom stereocenters. The summed E-state index contributed by atoms with van der Waals surface area (Å²) >= 11 is 1.69. The minimum absolute atomic E-state index is 0. The highest BCUT2D eigenvalue weighted by atomic mass is 127. The first-order chi connectivity index (χ1) is 11.2. The predicted molar refractivity (Wildman–Crippen MR) is 109 cm³/mol. The molecule has 2 aromatic rings. The smallest absolute Gasteiger partial charge is 0.191 e. The van der Waals surface area contributed by atoms with Gasteiger partial charge in [-0.15, -0.1) is 24.0 Å². The summed E-state index contributed by atoms with van der Waals surface area (Å²) in [5.74, 6) is 2.16. The van der Waals surface area contributed by atoms with Crippen LogP contribution in [0.3, 0.4) is 0 Å². The molecule has 1 aromatic heterocycles. The van der Waals surface area contributed by atoms with Crippen LogP contribution in [0.5, 0.6) is 0 Å². The van der Waals surface area contributed by atoms with Crippen molar-refractivity contribution in [3.8, 4) is 0 Å². The summed E-state index contributed by atoms with van der Waals surface area (Å²) in [5.41, 5.74) is 1.83. The van der Waals surface area contributed by atoms with E-state index in [0.29, 0.717) is 12.3 Å². The van der Waals surface area contributed by atoms with Crippen molar-refractivity contribution in [2.45, 2.75) is 12.3 Å². The number of hydrogen-bond donors (Lipinski definition) is 2. The van der Waals surface area contributed by atoms with E-state index in [1.807, 2.05) is 29.9 Å². The molecule has 0 atom stereocenters. The molecule has 1 heterocycles. The number of nitrogens with zero attached hydrogens (tertiary/aromatic N) is 3. The molecule has 0 spiro atoms. The van der Waals surface area contributed by atoms with Crippen LogP contribution in [0, 0.1) is 5.82 Å². The van der Waals surface area contributed by atoms with Gasteiger partial charge in [0, 0.05) is 38.3 Å². The molecule has 132 valence electrons. The van der Waals surface area contributed by atoms with Gasteiger partial charge in [0.1, 0.15) is 5.82 Å². The lowest BCUT2D eigenvalue weighted by molar-refractivity contribution is 0.617. The molecule has 0 fully saturated rings. The van der Waals surface area contributed by atoms with Crippen LogP contribution in [0.4, 0.5) is 4.39 Å². The number of rotatable bonds is 7. The Hall–Kier alpha value is -1.29. The van der Waals surface area contributed by atoms with Crippen molar-refractivity contribution in [1.82, 2.24) is 20.4 Å². The molecule has 24 heavy (non-hydrogen) atoms. The van der Waals surface area contributed by atoms with Gasteiger partial charge in [0.05, 0.1) is 12.2 Å². The van der Waals surface area contributed by atoms with E-state index in [0.717, 1.165) is 29.5 Å². The molecule has 0 aliphatic rings. The van der Waals surface area contributed by atoms with E-state index < -0.39 is 0 Å². The number of aliphatic imine (C=N–C) groups is 1. The summed E-state index contributed by atoms with van der Waals surface area (Å²) in [6.07, 6.45) is 1.77. The van der Waals surface area contributed by atoms with Crippen LogP contribution in [-0.4, -0.2) is 35.1 Å². The van der Waals surface area contributed by atoms with Crippen molar-refractivity contribution < 1.29 is 4.39 Å². The lowest BCUT2D eigenvalue weighted by Crippen LogP contribution is -2.38. The van der Waals surface area contributed by atoms with E-state index in [4.69, 9.17) is 0 Å². The monoisotopic (exact) mass is 463 g/mol. The second-order valence-electron chi connectivity index (χ2n) is 4.94. The van der Waals surface area contributed by atoms with Gasteiger partial charge in [0.15, 0.2) is 5.96 Å². The largest absolute Gasteiger partial charge is 0.356 e. The summed E-state index contributed by atoms with van der Waals surface area (Å²) in [5, 5.41) is 10.6. The van der Waals surface area contributed by atoms with Crippen LogP contribution in [0.15, 0.2) is 41.5 Å². The summed E-state index contributed by atoms with van der Waals surface area (Å²) in [6, 6.07) is 8.86. The highest BCUT2D eigenvalue weighted by Gasteiger charge is 2.02. The van der Waals surface area contributed by atoms with E-state index in [2.05, 4.69) is 20.7 Å². The van der Waals surface area contributed by atoms with Gasteiger partial charge in [-0.3, -0.25) is 9.67 Å². The Morgan fingerprint density at radius 2 is 2.08 bits per heavy atom. The van der Waals surface area contributed by atoms with Crippen LogP contribution in [-0.2, 0) is 19.3 Å². The molecule has 5 nitrogen and oxygen atoms in total. The van der Waals surface area contributed by atoms with Crippen molar-refractivity contribution in [2.24, 2.45) is 12.0 Å². The molecule has 0 aliphatic carbocycles. The number of thioether (sulfide) groups is 1. The fourth-order valence-electron chi connectivity index (χ4n) is 2.01. The highest BCUT2D eigenvalue weighted by molar-refractivity contribution is 14.0. The number of guanidine groups is 1. The molecule has 2 rings (SSSR count). The maximum absolute atomic E-state index is 13.5. The molecule has 1 aromatic carbocycles. The fourth-order valence-corrected chi connectivity index (χ4v) is 2.85. The van der Waals surface area contributed by atoms with Crippen molar-refractivity contribution in [1.29, 1.82) is 0 Å². The summed E-state index contributed by atoms with van der Waals surface area (Å²) in [4.78, 5) is 4.18. The first-order valence-electron chi connectivity index (χ1n) is 7.43. The quantitative estimate of drug-likeness (QED) is 0.287. The third-order valence-electron chi connectivity index (χ3n) is 3.34. The Labute approximate surface area is 163 Å².